The van der Waals surface area contributed by atoms with Gasteiger partial charge in [-0.05, 0) is 57.9 Å². The van der Waals surface area contributed by atoms with Crippen LogP contribution in [-0.2, 0) is 19.3 Å². The predicted octanol–water partition coefficient (Wildman–Crippen LogP) is 6.92. The summed E-state index contributed by atoms with van der Waals surface area (Å²) in [6.07, 6.45) is 2.79. The molecule has 0 bridgehead atoms. The molecule has 0 heterocycles. The smallest absolute Gasteiger partial charge is 0.00690 e. The monoisotopic (exact) mass is 414 g/mol. The van der Waals surface area contributed by atoms with E-state index in [1.165, 1.54) is 38.7 Å². The van der Waals surface area contributed by atoms with Crippen molar-refractivity contribution in [3.63, 3.8) is 0 Å². The second-order valence-corrected chi connectivity index (χ2v) is 8.61. The van der Waals surface area contributed by atoms with E-state index in [2.05, 4.69) is 103 Å². The Bertz CT molecular complexity index is 1040. The molecule has 4 aromatic carbocycles. The summed E-state index contributed by atoms with van der Waals surface area (Å²) in [5.74, 6) is 0. The quantitative estimate of drug-likeness (QED) is 0.288. The third kappa shape index (κ3) is 5.15. The predicted molar refractivity (Wildman–Crippen MR) is 128 cm³/mol. The third-order valence-corrected chi connectivity index (χ3v) is 6.60. The molecule has 144 valence electrons. The van der Waals surface area contributed by atoms with Crippen molar-refractivity contribution >= 4 is 24.5 Å². The van der Waals surface area contributed by atoms with Crippen molar-refractivity contribution in [1.82, 2.24) is 0 Å². The van der Waals surface area contributed by atoms with Gasteiger partial charge in [0.25, 0.3) is 0 Å². The molecule has 0 saturated carbocycles. The molecule has 0 amide bonds. The van der Waals surface area contributed by atoms with Gasteiger partial charge < -0.3 is 0 Å². The number of rotatable bonds is 7. The summed E-state index contributed by atoms with van der Waals surface area (Å²) in [6.45, 7) is 0. The molecule has 1 unspecified atom stereocenters. The molecule has 0 aromatic heterocycles. The molecular formula is C27H24ClP. The van der Waals surface area contributed by atoms with E-state index in [-0.39, 0.29) is 7.93 Å². The molecular weight excluding hydrogens is 391 g/mol. The largest absolute Gasteiger partial charge is 0.0948 e. The van der Waals surface area contributed by atoms with Crippen LogP contribution in [0.15, 0.2) is 103 Å². The highest BCUT2D eigenvalue weighted by molar-refractivity contribution is 7.75. The highest BCUT2D eigenvalue weighted by atomic mass is 35.7. The average Bonchev–Trinajstić information content (AvgIpc) is 2.78. The van der Waals surface area contributed by atoms with Crippen molar-refractivity contribution in [2.24, 2.45) is 0 Å². The first-order chi connectivity index (χ1) is 14.3. The van der Waals surface area contributed by atoms with Crippen molar-refractivity contribution in [2.75, 3.05) is 0 Å². The number of hydrogen-bond acceptors (Lipinski definition) is 0. The van der Waals surface area contributed by atoms with Crippen molar-refractivity contribution < 1.29 is 0 Å². The summed E-state index contributed by atoms with van der Waals surface area (Å²) in [5, 5.41) is 1.26. The van der Waals surface area contributed by atoms with Gasteiger partial charge in [-0.2, -0.15) is 0 Å². The summed E-state index contributed by atoms with van der Waals surface area (Å²) in [5.41, 5.74) is 8.22. The van der Waals surface area contributed by atoms with Crippen LogP contribution in [0.4, 0.5) is 0 Å². The topological polar surface area (TPSA) is 0 Å². The number of benzene rings is 4. The molecule has 0 spiro atoms. The Morgan fingerprint density at radius 3 is 1.41 bits per heavy atom. The van der Waals surface area contributed by atoms with E-state index in [9.17, 15) is 0 Å². The van der Waals surface area contributed by atoms with Gasteiger partial charge in [-0.25, -0.2) is 0 Å². The van der Waals surface area contributed by atoms with Crippen LogP contribution in [0.1, 0.15) is 33.4 Å². The van der Waals surface area contributed by atoms with Crippen LogP contribution in [0.5, 0.6) is 0 Å². The van der Waals surface area contributed by atoms with Crippen LogP contribution in [0.25, 0.3) is 0 Å². The average molecular weight is 415 g/mol. The first kappa shape index (κ1) is 19.9. The summed E-state index contributed by atoms with van der Waals surface area (Å²) >= 11 is 6.41. The molecule has 0 fully saturated rings. The van der Waals surface area contributed by atoms with Crippen LogP contribution >= 0.6 is 19.2 Å². The minimum Gasteiger partial charge on any atom is -0.0948 e. The van der Waals surface area contributed by atoms with Gasteiger partial charge in [-0.3, -0.25) is 0 Å². The molecule has 2 heteroatoms. The van der Waals surface area contributed by atoms with Crippen LogP contribution in [0.2, 0.25) is 0 Å². The number of halogens is 1. The van der Waals surface area contributed by atoms with Crippen molar-refractivity contribution in [1.29, 1.82) is 0 Å². The Kier molecular flexibility index (Phi) is 6.78. The van der Waals surface area contributed by atoms with Crippen molar-refractivity contribution in [2.45, 2.75) is 19.3 Å². The fraction of sp³-hybridized carbons (Fsp3) is 0.111. The zero-order valence-corrected chi connectivity index (χ0v) is 18.1. The maximum Gasteiger partial charge on any atom is 0.00690 e. The van der Waals surface area contributed by atoms with E-state index in [4.69, 9.17) is 11.2 Å². The fourth-order valence-corrected chi connectivity index (χ4v) is 4.86. The lowest BCUT2D eigenvalue weighted by Crippen LogP contribution is -2.12. The standard InChI is InChI=1S/C27H24ClP/c28-29-27-17-16-24(18-21-10-4-1-5-11-21)25(19-22-12-6-2-7-13-22)26(27)20-23-14-8-3-9-15-23/h1-17,29H,18-20H2. The molecule has 0 aliphatic heterocycles. The summed E-state index contributed by atoms with van der Waals surface area (Å²) < 4.78 is 0. The third-order valence-electron chi connectivity index (χ3n) is 5.31. The second-order valence-electron chi connectivity index (χ2n) is 7.31. The van der Waals surface area contributed by atoms with Gasteiger partial charge in [-0.1, -0.05) is 114 Å². The lowest BCUT2D eigenvalue weighted by atomic mass is 9.88. The van der Waals surface area contributed by atoms with E-state index in [1.54, 1.807) is 0 Å². The Labute approximate surface area is 180 Å². The highest BCUT2D eigenvalue weighted by Gasteiger charge is 2.15. The fourth-order valence-electron chi connectivity index (χ4n) is 3.83. The molecule has 0 aliphatic rings. The van der Waals surface area contributed by atoms with E-state index < -0.39 is 0 Å². The van der Waals surface area contributed by atoms with Gasteiger partial charge in [-0.15, -0.1) is 0 Å². The lowest BCUT2D eigenvalue weighted by molar-refractivity contribution is 1.04. The zero-order valence-electron chi connectivity index (χ0n) is 16.3. The van der Waals surface area contributed by atoms with E-state index in [1.807, 2.05) is 0 Å². The van der Waals surface area contributed by atoms with E-state index in [0.29, 0.717) is 0 Å². The SMILES string of the molecule is ClPc1ccc(Cc2ccccc2)c(Cc2ccccc2)c1Cc1ccccc1. The van der Waals surface area contributed by atoms with Crippen LogP contribution in [-0.4, -0.2) is 0 Å². The maximum atomic E-state index is 6.41. The molecule has 0 nitrogen and oxygen atoms in total. The Morgan fingerprint density at radius 1 is 0.483 bits per heavy atom. The maximum absolute atomic E-state index is 6.41. The number of hydrogen-bond donors (Lipinski definition) is 0. The minimum absolute atomic E-state index is 0.274. The van der Waals surface area contributed by atoms with Crippen LogP contribution in [0.3, 0.4) is 0 Å². The zero-order chi connectivity index (χ0) is 19.9. The van der Waals surface area contributed by atoms with Gasteiger partial charge in [0.2, 0.25) is 0 Å². The molecule has 0 saturated heterocycles. The Balaban J connectivity index is 1.80. The highest BCUT2D eigenvalue weighted by Crippen LogP contribution is 2.28. The van der Waals surface area contributed by atoms with E-state index >= 15 is 0 Å². The summed E-state index contributed by atoms with van der Waals surface area (Å²) in [4.78, 5) is 0. The molecule has 0 radical (unpaired) electrons. The van der Waals surface area contributed by atoms with Crippen molar-refractivity contribution in [3.05, 3.63) is 137 Å². The summed E-state index contributed by atoms with van der Waals surface area (Å²) in [7, 11) is 0.274. The molecule has 0 aliphatic carbocycles. The van der Waals surface area contributed by atoms with Crippen LogP contribution < -0.4 is 5.30 Å². The normalized spacial score (nSPS) is 11.2. The Morgan fingerprint density at radius 2 is 0.931 bits per heavy atom. The molecule has 4 aromatic rings. The van der Waals surface area contributed by atoms with Crippen molar-refractivity contribution in [3.8, 4) is 0 Å². The van der Waals surface area contributed by atoms with Gasteiger partial charge in [0.1, 0.15) is 0 Å². The Hall–Kier alpha value is -2.40. The molecule has 0 N–H and O–H groups in total. The van der Waals surface area contributed by atoms with E-state index in [0.717, 1.165) is 19.3 Å². The molecule has 1 atom stereocenters. The molecule has 4 rings (SSSR count). The lowest BCUT2D eigenvalue weighted by Gasteiger charge is -2.19. The van der Waals surface area contributed by atoms with Gasteiger partial charge in [0.05, 0.1) is 0 Å². The molecule has 29 heavy (non-hydrogen) atoms. The first-order valence-corrected chi connectivity index (χ1v) is 12.0. The summed E-state index contributed by atoms with van der Waals surface area (Å²) in [6, 6.07) is 36.7. The van der Waals surface area contributed by atoms with Gasteiger partial charge in [0, 0.05) is 7.93 Å². The minimum atomic E-state index is 0.274. The first-order valence-electron chi connectivity index (χ1n) is 9.95. The van der Waals surface area contributed by atoms with Gasteiger partial charge >= 0.3 is 0 Å². The second kappa shape index (κ2) is 9.88. The van der Waals surface area contributed by atoms with Crippen LogP contribution in [0, 0.1) is 0 Å². The van der Waals surface area contributed by atoms with Gasteiger partial charge in [0.15, 0.2) is 0 Å².